The van der Waals surface area contributed by atoms with Gasteiger partial charge in [0.25, 0.3) is 5.91 Å². The Morgan fingerprint density at radius 2 is 1.89 bits per heavy atom. The lowest BCUT2D eigenvalue weighted by molar-refractivity contribution is 0.0696. The number of benzene rings is 2. The summed E-state index contributed by atoms with van der Waals surface area (Å²) in [5.74, 6) is -1.28. The van der Waals surface area contributed by atoms with E-state index in [4.69, 9.17) is 22.4 Å². The number of aryl methyl sites for hydroxylation is 2. The fourth-order valence-electron chi connectivity index (χ4n) is 3.07. The molecule has 27 heavy (non-hydrogen) atoms. The molecule has 0 aliphatic carbocycles. The number of carboxylic acids is 1. The molecular weight excluding hydrogens is 366 g/mol. The van der Waals surface area contributed by atoms with Crippen LogP contribution in [0.5, 0.6) is 0 Å². The smallest absolute Gasteiger partial charge is 0.335 e. The fraction of sp³-hybridized carbons (Fsp3) is 0.200. The van der Waals surface area contributed by atoms with Gasteiger partial charge in [-0.15, -0.1) is 0 Å². The van der Waals surface area contributed by atoms with E-state index in [0.29, 0.717) is 10.7 Å². The number of nitrogens with zero attached hydrogens (tertiary/aromatic N) is 1. The maximum atomic E-state index is 12.8. The number of rotatable bonds is 5. The van der Waals surface area contributed by atoms with Crippen LogP contribution in [0.25, 0.3) is 10.9 Å². The van der Waals surface area contributed by atoms with Crippen molar-refractivity contribution in [1.82, 2.24) is 9.88 Å². The highest BCUT2D eigenvalue weighted by molar-refractivity contribution is 6.36. The van der Waals surface area contributed by atoms with Gasteiger partial charge < -0.3 is 20.7 Å². The van der Waals surface area contributed by atoms with Gasteiger partial charge in [0.15, 0.2) is 0 Å². The molecule has 4 N–H and O–H groups in total. The van der Waals surface area contributed by atoms with Gasteiger partial charge >= 0.3 is 5.97 Å². The maximum absolute atomic E-state index is 12.8. The quantitative estimate of drug-likeness (QED) is 0.627. The Hall–Kier alpha value is -2.83. The largest absolute Gasteiger partial charge is 0.478 e. The predicted molar refractivity (Wildman–Crippen MR) is 105 cm³/mol. The second-order valence-corrected chi connectivity index (χ2v) is 6.78. The molecule has 0 fully saturated rings. The van der Waals surface area contributed by atoms with Crippen molar-refractivity contribution in [1.29, 1.82) is 0 Å². The summed E-state index contributed by atoms with van der Waals surface area (Å²) in [6.07, 6.45) is 0. The lowest BCUT2D eigenvalue weighted by atomic mass is 10.0. The van der Waals surface area contributed by atoms with E-state index < -0.39 is 12.0 Å². The second kappa shape index (κ2) is 7.42. The lowest BCUT2D eigenvalue weighted by Gasteiger charge is -2.18. The zero-order chi connectivity index (χ0) is 19.7. The van der Waals surface area contributed by atoms with Crippen molar-refractivity contribution in [2.75, 3.05) is 6.54 Å². The van der Waals surface area contributed by atoms with Crippen molar-refractivity contribution in [2.45, 2.75) is 13.0 Å². The van der Waals surface area contributed by atoms with Gasteiger partial charge in [0.1, 0.15) is 5.69 Å². The van der Waals surface area contributed by atoms with Gasteiger partial charge in [-0.2, -0.15) is 0 Å². The molecule has 0 bridgehead atoms. The number of aromatic nitrogens is 1. The predicted octanol–water partition coefficient (Wildman–Crippen LogP) is 3.27. The van der Waals surface area contributed by atoms with E-state index >= 15 is 0 Å². The number of nitrogens with one attached hydrogen (secondary N) is 1. The molecule has 0 saturated heterocycles. The van der Waals surface area contributed by atoms with Gasteiger partial charge in [0, 0.05) is 24.5 Å². The zero-order valence-corrected chi connectivity index (χ0v) is 15.7. The van der Waals surface area contributed by atoms with E-state index in [2.05, 4.69) is 5.32 Å². The monoisotopic (exact) mass is 385 g/mol. The number of carbonyl (C=O) groups excluding carboxylic acids is 1. The van der Waals surface area contributed by atoms with Crippen LogP contribution in [-0.4, -0.2) is 28.1 Å². The molecule has 6 nitrogen and oxygen atoms in total. The van der Waals surface area contributed by atoms with Crippen molar-refractivity contribution in [2.24, 2.45) is 12.8 Å². The van der Waals surface area contributed by atoms with E-state index in [1.165, 1.54) is 12.1 Å². The molecule has 2 aromatic carbocycles. The molecule has 0 radical (unpaired) electrons. The van der Waals surface area contributed by atoms with Gasteiger partial charge in [-0.1, -0.05) is 29.8 Å². The minimum Gasteiger partial charge on any atom is -0.478 e. The molecule has 140 valence electrons. The number of hydrogen-bond acceptors (Lipinski definition) is 3. The number of fused-ring (bicyclic) bond motifs is 1. The van der Waals surface area contributed by atoms with Crippen molar-refractivity contribution >= 4 is 34.4 Å². The molecule has 0 aliphatic heterocycles. The average Bonchev–Trinajstić information content (AvgIpc) is 3.00. The first kappa shape index (κ1) is 18.9. The zero-order valence-electron chi connectivity index (χ0n) is 15.0. The van der Waals surface area contributed by atoms with Crippen molar-refractivity contribution < 1.29 is 14.7 Å². The molecule has 1 aromatic heterocycles. The van der Waals surface area contributed by atoms with Gasteiger partial charge in [0.2, 0.25) is 0 Å². The summed E-state index contributed by atoms with van der Waals surface area (Å²) in [6.45, 7) is 2.10. The Morgan fingerprint density at radius 1 is 1.22 bits per heavy atom. The molecule has 0 spiro atoms. The number of halogens is 1. The molecule has 0 aliphatic rings. The van der Waals surface area contributed by atoms with E-state index in [0.717, 1.165) is 22.0 Å². The average molecular weight is 386 g/mol. The van der Waals surface area contributed by atoms with Crippen LogP contribution in [0.4, 0.5) is 0 Å². The first-order valence-electron chi connectivity index (χ1n) is 8.42. The van der Waals surface area contributed by atoms with E-state index in [1.54, 1.807) is 22.8 Å². The summed E-state index contributed by atoms with van der Waals surface area (Å²) >= 11 is 6.37. The van der Waals surface area contributed by atoms with Crippen LogP contribution in [-0.2, 0) is 7.05 Å². The Balaban J connectivity index is 1.89. The number of aromatic carboxylic acids is 1. The number of amides is 1. The topological polar surface area (TPSA) is 97.3 Å². The summed E-state index contributed by atoms with van der Waals surface area (Å²) in [5.41, 5.74) is 9.03. The van der Waals surface area contributed by atoms with Crippen LogP contribution in [0.2, 0.25) is 5.02 Å². The van der Waals surface area contributed by atoms with Crippen LogP contribution in [0.15, 0.2) is 42.5 Å². The first-order valence-corrected chi connectivity index (χ1v) is 8.80. The molecule has 7 heteroatoms. The third-order valence-electron chi connectivity index (χ3n) is 4.69. The van der Waals surface area contributed by atoms with Crippen LogP contribution < -0.4 is 11.1 Å². The van der Waals surface area contributed by atoms with Gasteiger partial charge in [-0.25, -0.2) is 4.79 Å². The fourth-order valence-corrected chi connectivity index (χ4v) is 3.29. The van der Waals surface area contributed by atoms with Gasteiger partial charge in [0.05, 0.1) is 16.6 Å². The van der Waals surface area contributed by atoms with Gasteiger partial charge in [-0.05, 0) is 42.3 Å². The van der Waals surface area contributed by atoms with Crippen molar-refractivity contribution in [3.05, 3.63) is 69.9 Å². The molecule has 1 heterocycles. The minimum absolute atomic E-state index is 0.180. The number of carboxylic acid groups (broad SMARTS) is 1. The third-order valence-corrected chi connectivity index (χ3v) is 5.19. The maximum Gasteiger partial charge on any atom is 0.335 e. The molecule has 3 rings (SSSR count). The Kier molecular flexibility index (Phi) is 5.21. The Bertz CT molecular complexity index is 1030. The van der Waals surface area contributed by atoms with Crippen LogP contribution in [0.3, 0.4) is 0 Å². The summed E-state index contributed by atoms with van der Waals surface area (Å²) in [6, 6.07) is 11.5. The molecular formula is C20H20ClN3O3. The number of carbonyl (C=O) groups is 2. The number of hydrogen-bond donors (Lipinski definition) is 3. The van der Waals surface area contributed by atoms with Crippen LogP contribution in [0.1, 0.15) is 38.0 Å². The van der Waals surface area contributed by atoms with Crippen LogP contribution >= 0.6 is 11.6 Å². The Labute approximate surface area is 161 Å². The third kappa shape index (κ3) is 3.54. The molecule has 1 amide bonds. The minimum atomic E-state index is -1.00. The molecule has 1 unspecified atom stereocenters. The summed E-state index contributed by atoms with van der Waals surface area (Å²) in [7, 11) is 1.81. The summed E-state index contributed by atoms with van der Waals surface area (Å²) < 4.78 is 1.79. The summed E-state index contributed by atoms with van der Waals surface area (Å²) in [4.78, 5) is 23.8. The highest BCUT2D eigenvalue weighted by Gasteiger charge is 2.19. The molecule has 3 aromatic rings. The summed E-state index contributed by atoms with van der Waals surface area (Å²) in [5, 5.41) is 13.4. The highest BCUT2D eigenvalue weighted by Crippen LogP contribution is 2.29. The standard InChI is InChI=1S/C20H20ClN3O3/c1-11-3-8-16-14(18(11)21)9-17(24(16)2)19(25)23-15(10-22)12-4-6-13(7-5-12)20(26)27/h3-9,15H,10,22H2,1-2H3,(H,23,25)(H,26,27). The van der Waals surface area contributed by atoms with E-state index in [-0.39, 0.29) is 18.0 Å². The highest BCUT2D eigenvalue weighted by atomic mass is 35.5. The molecule has 1 atom stereocenters. The van der Waals surface area contributed by atoms with Crippen LogP contribution in [0, 0.1) is 6.92 Å². The normalized spacial score (nSPS) is 12.1. The van der Waals surface area contributed by atoms with Crippen molar-refractivity contribution in [3.8, 4) is 0 Å². The second-order valence-electron chi connectivity index (χ2n) is 6.41. The van der Waals surface area contributed by atoms with Gasteiger partial charge in [-0.3, -0.25) is 4.79 Å². The SMILES string of the molecule is Cc1ccc2c(cc(C(=O)NC(CN)c3ccc(C(=O)O)cc3)n2C)c1Cl. The number of nitrogens with two attached hydrogens (primary N) is 1. The Morgan fingerprint density at radius 3 is 2.48 bits per heavy atom. The van der Waals surface area contributed by atoms with E-state index in [1.807, 2.05) is 26.1 Å². The molecule has 0 saturated carbocycles. The van der Waals surface area contributed by atoms with E-state index in [9.17, 15) is 9.59 Å². The van der Waals surface area contributed by atoms with Crippen molar-refractivity contribution in [3.63, 3.8) is 0 Å². The lowest BCUT2D eigenvalue weighted by Crippen LogP contribution is -2.34. The first-order chi connectivity index (χ1) is 12.8.